The first-order valence-electron chi connectivity index (χ1n) is 9.53. The van der Waals surface area contributed by atoms with E-state index in [0.717, 1.165) is 61.7 Å². The van der Waals surface area contributed by atoms with Crippen LogP contribution in [0, 0.1) is 0 Å². The molecule has 2 aliphatic rings. The SMILES string of the molecule is Clc1ccc(Cl)c(Oc2nc(C[NH+]3CCOCC3)nc3sc4c(c23)CCC4)c1. The average molecular weight is 437 g/mol. The number of thiophene rings is 1. The zero-order valence-corrected chi connectivity index (χ0v) is 17.6. The molecule has 146 valence electrons. The van der Waals surface area contributed by atoms with Crippen molar-refractivity contribution in [3.05, 3.63) is 44.5 Å². The van der Waals surface area contributed by atoms with E-state index in [4.69, 9.17) is 42.6 Å². The van der Waals surface area contributed by atoms with Crippen molar-refractivity contribution in [3.63, 3.8) is 0 Å². The molecule has 0 amide bonds. The number of aromatic nitrogens is 2. The minimum atomic E-state index is 0.517. The first kappa shape index (κ1) is 18.6. The highest BCUT2D eigenvalue weighted by atomic mass is 35.5. The van der Waals surface area contributed by atoms with Crippen LogP contribution in [0.5, 0.6) is 11.6 Å². The Bertz CT molecular complexity index is 1030. The van der Waals surface area contributed by atoms with Crippen LogP contribution < -0.4 is 9.64 Å². The Hall–Kier alpha value is -1.44. The summed E-state index contributed by atoms with van der Waals surface area (Å²) in [6.07, 6.45) is 3.33. The first-order valence-corrected chi connectivity index (χ1v) is 11.1. The summed E-state index contributed by atoms with van der Waals surface area (Å²) < 4.78 is 11.7. The van der Waals surface area contributed by atoms with E-state index in [1.807, 2.05) is 0 Å². The number of nitrogens with one attached hydrogen (secondary N) is 1. The summed E-state index contributed by atoms with van der Waals surface area (Å²) in [4.78, 5) is 13.5. The van der Waals surface area contributed by atoms with Gasteiger partial charge in [-0.3, -0.25) is 0 Å². The lowest BCUT2D eigenvalue weighted by Gasteiger charge is -2.23. The smallest absolute Gasteiger partial charge is 0.231 e. The molecule has 28 heavy (non-hydrogen) atoms. The molecule has 8 heteroatoms. The molecular weight excluding hydrogens is 417 g/mol. The molecular formula is C20H20Cl2N3O2S+. The lowest BCUT2D eigenvalue weighted by molar-refractivity contribution is -0.922. The second kappa shape index (κ2) is 7.76. The van der Waals surface area contributed by atoms with Crippen molar-refractivity contribution in [2.24, 2.45) is 0 Å². The molecule has 0 atom stereocenters. The van der Waals surface area contributed by atoms with Crippen molar-refractivity contribution in [2.45, 2.75) is 25.8 Å². The van der Waals surface area contributed by atoms with Crippen molar-refractivity contribution in [1.29, 1.82) is 0 Å². The maximum absolute atomic E-state index is 6.34. The fourth-order valence-corrected chi connectivity index (χ4v) is 5.47. The Labute approximate surface area is 177 Å². The van der Waals surface area contributed by atoms with Gasteiger partial charge in [0.1, 0.15) is 30.2 Å². The van der Waals surface area contributed by atoms with Crippen molar-refractivity contribution in [2.75, 3.05) is 26.3 Å². The van der Waals surface area contributed by atoms with Gasteiger partial charge in [0.05, 0.1) is 23.6 Å². The van der Waals surface area contributed by atoms with Crippen molar-refractivity contribution in [3.8, 4) is 11.6 Å². The van der Waals surface area contributed by atoms with E-state index in [1.54, 1.807) is 29.5 Å². The summed E-state index contributed by atoms with van der Waals surface area (Å²) in [7, 11) is 0. The zero-order valence-electron chi connectivity index (χ0n) is 15.3. The maximum atomic E-state index is 6.34. The molecule has 0 unspecified atom stereocenters. The lowest BCUT2D eigenvalue weighted by atomic mass is 10.2. The molecule has 1 N–H and O–H groups in total. The summed E-state index contributed by atoms with van der Waals surface area (Å²) in [5.74, 6) is 1.92. The van der Waals surface area contributed by atoms with Crippen LogP contribution in [0.1, 0.15) is 22.7 Å². The van der Waals surface area contributed by atoms with E-state index < -0.39 is 0 Å². The predicted octanol–water partition coefficient (Wildman–Crippen LogP) is 3.69. The summed E-state index contributed by atoms with van der Waals surface area (Å²) in [5.41, 5.74) is 1.33. The molecule has 1 aliphatic carbocycles. The van der Waals surface area contributed by atoms with Gasteiger partial charge >= 0.3 is 0 Å². The standard InChI is InChI=1S/C20H19Cl2N3O2S/c21-12-4-5-14(22)15(10-12)27-19-18-13-2-1-3-16(13)28-20(18)24-17(23-19)11-25-6-8-26-9-7-25/h4-5,10H,1-3,6-9,11H2/p+1. The number of hydrogen-bond acceptors (Lipinski definition) is 5. The van der Waals surface area contributed by atoms with Gasteiger partial charge in [0, 0.05) is 16.0 Å². The number of rotatable bonds is 4. The van der Waals surface area contributed by atoms with Gasteiger partial charge in [0.15, 0.2) is 5.82 Å². The Kier molecular flexibility index (Phi) is 5.15. The molecule has 1 aromatic carbocycles. The summed E-state index contributed by atoms with van der Waals surface area (Å²) in [6, 6.07) is 5.23. The molecule has 1 fully saturated rings. The van der Waals surface area contributed by atoms with Crippen molar-refractivity contribution < 1.29 is 14.4 Å². The monoisotopic (exact) mass is 436 g/mol. The number of morpholine rings is 1. The van der Waals surface area contributed by atoms with Crippen LogP contribution in [0.15, 0.2) is 18.2 Å². The van der Waals surface area contributed by atoms with E-state index >= 15 is 0 Å². The number of fused-ring (bicyclic) bond motifs is 3. The van der Waals surface area contributed by atoms with Crippen LogP contribution >= 0.6 is 34.5 Å². The molecule has 5 rings (SSSR count). The van der Waals surface area contributed by atoms with Gasteiger partial charge in [-0.25, -0.2) is 4.98 Å². The Morgan fingerprint density at radius 3 is 2.86 bits per heavy atom. The summed E-state index contributed by atoms with van der Waals surface area (Å²) in [5, 5.41) is 2.14. The molecule has 0 radical (unpaired) electrons. The van der Waals surface area contributed by atoms with Crippen LogP contribution in [-0.4, -0.2) is 36.3 Å². The van der Waals surface area contributed by atoms with Gasteiger partial charge < -0.3 is 14.4 Å². The van der Waals surface area contributed by atoms with Crippen LogP contribution in [0.3, 0.4) is 0 Å². The van der Waals surface area contributed by atoms with E-state index in [2.05, 4.69) is 0 Å². The molecule has 0 bridgehead atoms. The van der Waals surface area contributed by atoms with Crippen molar-refractivity contribution in [1.82, 2.24) is 9.97 Å². The van der Waals surface area contributed by atoms with Gasteiger partial charge in [-0.1, -0.05) is 23.2 Å². The molecule has 1 saturated heterocycles. The second-order valence-electron chi connectivity index (χ2n) is 7.20. The Morgan fingerprint density at radius 1 is 1.14 bits per heavy atom. The van der Waals surface area contributed by atoms with Crippen LogP contribution in [-0.2, 0) is 24.1 Å². The highest BCUT2D eigenvalue weighted by molar-refractivity contribution is 7.19. The van der Waals surface area contributed by atoms with E-state index in [-0.39, 0.29) is 0 Å². The van der Waals surface area contributed by atoms with Gasteiger partial charge in [0.2, 0.25) is 5.88 Å². The fraction of sp³-hybridized carbons (Fsp3) is 0.400. The number of ether oxygens (including phenoxy) is 2. The Morgan fingerprint density at radius 2 is 2.00 bits per heavy atom. The van der Waals surface area contributed by atoms with Gasteiger partial charge in [-0.15, -0.1) is 11.3 Å². The molecule has 0 saturated carbocycles. The third-order valence-electron chi connectivity index (χ3n) is 5.29. The number of nitrogens with zero attached hydrogens (tertiary/aromatic N) is 2. The normalized spacial score (nSPS) is 17.2. The number of benzene rings is 1. The predicted molar refractivity (Wildman–Crippen MR) is 111 cm³/mol. The van der Waals surface area contributed by atoms with Gasteiger partial charge in [0.25, 0.3) is 0 Å². The van der Waals surface area contributed by atoms with E-state index in [1.165, 1.54) is 21.8 Å². The van der Waals surface area contributed by atoms with Crippen LogP contribution in [0.2, 0.25) is 10.0 Å². The van der Waals surface area contributed by atoms with Crippen molar-refractivity contribution >= 4 is 44.8 Å². The van der Waals surface area contributed by atoms with E-state index in [0.29, 0.717) is 21.7 Å². The molecule has 0 spiro atoms. The molecule has 5 nitrogen and oxygen atoms in total. The second-order valence-corrected chi connectivity index (χ2v) is 9.13. The fourth-order valence-electron chi connectivity index (χ4n) is 3.88. The lowest BCUT2D eigenvalue weighted by Crippen LogP contribution is -3.12. The highest BCUT2D eigenvalue weighted by Gasteiger charge is 2.25. The third kappa shape index (κ3) is 3.60. The number of quaternary nitrogens is 1. The number of halogens is 2. The first-order chi connectivity index (χ1) is 13.7. The van der Waals surface area contributed by atoms with Gasteiger partial charge in [-0.05, 0) is 37.0 Å². The molecule has 1 aliphatic heterocycles. The average Bonchev–Trinajstić information content (AvgIpc) is 3.26. The number of hydrogen-bond donors (Lipinski definition) is 1. The Balaban J connectivity index is 1.57. The minimum Gasteiger partial charge on any atom is -0.437 e. The third-order valence-corrected chi connectivity index (χ3v) is 7.02. The summed E-state index contributed by atoms with van der Waals surface area (Å²) >= 11 is 14.3. The van der Waals surface area contributed by atoms with Crippen LogP contribution in [0.25, 0.3) is 10.2 Å². The minimum absolute atomic E-state index is 0.517. The summed E-state index contributed by atoms with van der Waals surface area (Å²) in [6.45, 7) is 4.28. The van der Waals surface area contributed by atoms with E-state index in [9.17, 15) is 0 Å². The molecule has 2 aromatic heterocycles. The zero-order chi connectivity index (χ0) is 19.1. The van der Waals surface area contributed by atoms with Crippen LogP contribution in [0.4, 0.5) is 0 Å². The number of aryl methyl sites for hydroxylation is 2. The maximum Gasteiger partial charge on any atom is 0.231 e. The molecule has 3 heterocycles. The largest absolute Gasteiger partial charge is 0.437 e. The highest BCUT2D eigenvalue weighted by Crippen LogP contribution is 2.42. The van der Waals surface area contributed by atoms with Gasteiger partial charge in [-0.2, -0.15) is 4.98 Å². The topological polar surface area (TPSA) is 48.7 Å². The quantitative estimate of drug-likeness (QED) is 0.677. The molecule has 3 aromatic rings.